The van der Waals surface area contributed by atoms with Crippen LogP contribution in [0, 0.1) is 6.92 Å². The smallest absolute Gasteiger partial charge is 0.277 e. The molecule has 4 nitrogen and oxygen atoms in total. The SMILES string of the molecule is Cc1cc(Br)ccc1NC(=O)c1nn(C)cc1Cl. The van der Waals surface area contributed by atoms with E-state index in [4.69, 9.17) is 11.6 Å². The van der Waals surface area contributed by atoms with Gasteiger partial charge in [0.2, 0.25) is 0 Å². The van der Waals surface area contributed by atoms with Crippen LogP contribution in [0.5, 0.6) is 0 Å². The molecule has 0 aliphatic heterocycles. The second-order valence-corrected chi connectivity index (χ2v) is 5.24. The van der Waals surface area contributed by atoms with E-state index < -0.39 is 0 Å². The first-order valence-electron chi connectivity index (χ1n) is 5.24. The highest BCUT2D eigenvalue weighted by atomic mass is 79.9. The molecule has 0 aliphatic carbocycles. The first kappa shape index (κ1) is 13.1. The highest BCUT2D eigenvalue weighted by Gasteiger charge is 2.15. The van der Waals surface area contributed by atoms with Gasteiger partial charge in [-0.1, -0.05) is 27.5 Å². The molecule has 0 bridgehead atoms. The quantitative estimate of drug-likeness (QED) is 0.918. The normalized spacial score (nSPS) is 10.4. The summed E-state index contributed by atoms with van der Waals surface area (Å²) in [6.07, 6.45) is 1.59. The summed E-state index contributed by atoms with van der Waals surface area (Å²) in [5.41, 5.74) is 1.93. The topological polar surface area (TPSA) is 46.9 Å². The van der Waals surface area contributed by atoms with E-state index in [9.17, 15) is 4.79 Å². The van der Waals surface area contributed by atoms with Gasteiger partial charge in [-0.25, -0.2) is 0 Å². The fourth-order valence-corrected chi connectivity index (χ4v) is 2.30. The molecule has 0 saturated carbocycles. The van der Waals surface area contributed by atoms with Crippen LogP contribution in [0.1, 0.15) is 16.1 Å². The summed E-state index contributed by atoms with van der Waals surface area (Å²) >= 11 is 9.29. The third kappa shape index (κ3) is 2.73. The summed E-state index contributed by atoms with van der Waals surface area (Å²) in [5.74, 6) is -0.314. The third-order valence-corrected chi connectivity index (χ3v) is 3.21. The average molecular weight is 329 g/mol. The van der Waals surface area contributed by atoms with E-state index in [0.29, 0.717) is 5.02 Å². The van der Waals surface area contributed by atoms with Crippen LogP contribution >= 0.6 is 27.5 Å². The summed E-state index contributed by atoms with van der Waals surface area (Å²) in [6, 6.07) is 5.62. The Morgan fingerprint density at radius 2 is 2.22 bits per heavy atom. The molecular formula is C12H11BrClN3O. The largest absolute Gasteiger partial charge is 0.320 e. The molecule has 1 aromatic carbocycles. The predicted molar refractivity (Wildman–Crippen MR) is 75.1 cm³/mol. The van der Waals surface area contributed by atoms with Gasteiger partial charge < -0.3 is 5.32 Å². The van der Waals surface area contributed by atoms with Crippen molar-refractivity contribution in [1.29, 1.82) is 0 Å². The zero-order chi connectivity index (χ0) is 13.3. The van der Waals surface area contributed by atoms with Gasteiger partial charge in [-0.05, 0) is 30.7 Å². The van der Waals surface area contributed by atoms with Gasteiger partial charge in [0.05, 0.1) is 5.02 Å². The summed E-state index contributed by atoms with van der Waals surface area (Å²) in [4.78, 5) is 12.0. The lowest BCUT2D eigenvalue weighted by molar-refractivity contribution is 0.102. The van der Waals surface area contributed by atoms with Crippen molar-refractivity contribution in [3.05, 3.63) is 45.1 Å². The molecule has 0 unspecified atom stereocenters. The lowest BCUT2D eigenvalue weighted by Crippen LogP contribution is -2.14. The van der Waals surface area contributed by atoms with Gasteiger partial charge in [-0.15, -0.1) is 0 Å². The molecule has 18 heavy (non-hydrogen) atoms. The van der Waals surface area contributed by atoms with E-state index in [-0.39, 0.29) is 11.6 Å². The number of nitrogens with zero attached hydrogens (tertiary/aromatic N) is 2. The van der Waals surface area contributed by atoms with Crippen LogP contribution in [-0.2, 0) is 7.05 Å². The Kier molecular flexibility index (Phi) is 3.73. The Labute approximate surface area is 118 Å². The molecule has 6 heteroatoms. The van der Waals surface area contributed by atoms with Crippen molar-refractivity contribution in [1.82, 2.24) is 9.78 Å². The number of hydrogen-bond donors (Lipinski definition) is 1. The lowest BCUT2D eigenvalue weighted by atomic mass is 10.2. The van der Waals surface area contributed by atoms with Gasteiger partial charge >= 0.3 is 0 Å². The van der Waals surface area contributed by atoms with Gasteiger partial charge in [-0.3, -0.25) is 9.48 Å². The fraction of sp³-hybridized carbons (Fsp3) is 0.167. The number of nitrogens with one attached hydrogen (secondary N) is 1. The van der Waals surface area contributed by atoms with Crippen molar-refractivity contribution < 1.29 is 4.79 Å². The molecule has 0 atom stereocenters. The van der Waals surface area contributed by atoms with E-state index in [0.717, 1.165) is 15.7 Å². The number of halogens is 2. The monoisotopic (exact) mass is 327 g/mol. The molecule has 2 aromatic rings. The molecule has 0 radical (unpaired) electrons. The molecule has 1 N–H and O–H groups in total. The Hall–Kier alpha value is -1.33. The van der Waals surface area contributed by atoms with Crippen molar-refractivity contribution >= 4 is 39.1 Å². The molecule has 0 fully saturated rings. The Morgan fingerprint density at radius 3 is 2.78 bits per heavy atom. The van der Waals surface area contributed by atoms with Crippen LogP contribution in [0.2, 0.25) is 5.02 Å². The van der Waals surface area contributed by atoms with Crippen LogP contribution in [0.4, 0.5) is 5.69 Å². The fourth-order valence-electron chi connectivity index (χ4n) is 1.56. The predicted octanol–water partition coefficient (Wildman–Crippen LogP) is 3.40. The van der Waals surface area contributed by atoms with Gasteiger partial charge in [0.1, 0.15) is 0 Å². The van der Waals surface area contributed by atoms with E-state index in [1.807, 2.05) is 25.1 Å². The molecule has 1 aromatic heterocycles. The Morgan fingerprint density at radius 1 is 1.50 bits per heavy atom. The number of aryl methyl sites for hydroxylation is 2. The number of carbonyl (C=O) groups is 1. The van der Waals surface area contributed by atoms with E-state index in [1.54, 1.807) is 13.2 Å². The minimum absolute atomic E-state index is 0.224. The zero-order valence-electron chi connectivity index (χ0n) is 9.87. The first-order valence-corrected chi connectivity index (χ1v) is 6.41. The zero-order valence-corrected chi connectivity index (χ0v) is 12.2. The molecule has 1 heterocycles. The summed E-state index contributed by atoms with van der Waals surface area (Å²) in [7, 11) is 1.72. The van der Waals surface area contributed by atoms with Crippen LogP contribution in [0.3, 0.4) is 0 Å². The molecular weight excluding hydrogens is 318 g/mol. The maximum atomic E-state index is 12.0. The van der Waals surface area contributed by atoms with Crippen molar-refractivity contribution in [3.63, 3.8) is 0 Å². The van der Waals surface area contributed by atoms with Crippen molar-refractivity contribution in [2.24, 2.45) is 7.05 Å². The number of anilines is 1. The number of carbonyl (C=O) groups excluding carboxylic acids is 1. The minimum atomic E-state index is -0.314. The highest BCUT2D eigenvalue weighted by Crippen LogP contribution is 2.21. The Balaban J connectivity index is 2.24. The van der Waals surface area contributed by atoms with Gasteiger partial charge in [0.15, 0.2) is 5.69 Å². The molecule has 0 aliphatic rings. The van der Waals surface area contributed by atoms with Crippen molar-refractivity contribution in [2.45, 2.75) is 6.92 Å². The molecule has 2 rings (SSSR count). The maximum absolute atomic E-state index is 12.0. The maximum Gasteiger partial charge on any atom is 0.277 e. The number of benzene rings is 1. The number of hydrogen-bond acceptors (Lipinski definition) is 2. The summed E-state index contributed by atoms with van der Waals surface area (Å²) < 4.78 is 2.47. The number of amides is 1. The number of rotatable bonds is 2. The first-order chi connectivity index (χ1) is 8.47. The molecule has 94 valence electrons. The Bertz CT molecular complexity index is 609. The molecule has 0 spiro atoms. The molecule has 1 amide bonds. The van der Waals surface area contributed by atoms with Gasteiger partial charge in [0, 0.05) is 23.4 Å². The number of aromatic nitrogens is 2. The van der Waals surface area contributed by atoms with E-state index in [2.05, 4.69) is 26.3 Å². The minimum Gasteiger partial charge on any atom is -0.320 e. The second kappa shape index (κ2) is 5.12. The van der Waals surface area contributed by atoms with Gasteiger partial charge in [0.25, 0.3) is 5.91 Å². The lowest BCUT2D eigenvalue weighted by Gasteiger charge is -2.07. The van der Waals surface area contributed by atoms with E-state index in [1.165, 1.54) is 4.68 Å². The van der Waals surface area contributed by atoms with Crippen LogP contribution in [-0.4, -0.2) is 15.7 Å². The standard InChI is InChI=1S/C12H11BrClN3O/c1-7-5-8(13)3-4-10(7)15-12(18)11-9(14)6-17(2)16-11/h3-6H,1-2H3,(H,15,18). The third-order valence-electron chi connectivity index (χ3n) is 2.44. The van der Waals surface area contributed by atoms with Crippen molar-refractivity contribution in [2.75, 3.05) is 5.32 Å². The summed E-state index contributed by atoms with van der Waals surface area (Å²) in [5, 5.41) is 7.14. The van der Waals surface area contributed by atoms with E-state index >= 15 is 0 Å². The van der Waals surface area contributed by atoms with Crippen LogP contribution in [0.15, 0.2) is 28.9 Å². The second-order valence-electron chi connectivity index (χ2n) is 3.91. The average Bonchev–Trinajstić information content (AvgIpc) is 2.62. The van der Waals surface area contributed by atoms with Crippen LogP contribution in [0.25, 0.3) is 0 Å². The van der Waals surface area contributed by atoms with Crippen molar-refractivity contribution in [3.8, 4) is 0 Å². The molecule has 0 saturated heterocycles. The van der Waals surface area contributed by atoms with Gasteiger partial charge in [-0.2, -0.15) is 5.10 Å². The van der Waals surface area contributed by atoms with Crippen LogP contribution < -0.4 is 5.32 Å². The summed E-state index contributed by atoms with van der Waals surface area (Å²) in [6.45, 7) is 1.92. The highest BCUT2D eigenvalue weighted by molar-refractivity contribution is 9.10.